The fraction of sp³-hybridized carbons (Fsp3) is 0.667. The summed E-state index contributed by atoms with van der Waals surface area (Å²) < 4.78 is 5.50. The second kappa shape index (κ2) is 10.5. The summed E-state index contributed by atoms with van der Waals surface area (Å²) in [5.41, 5.74) is 1.40. The third kappa shape index (κ3) is 5.98. The lowest BCUT2D eigenvalue weighted by Crippen LogP contribution is -2.53. The monoisotopic (exact) mass is 427 g/mol. The van der Waals surface area contributed by atoms with Gasteiger partial charge in [0, 0.05) is 57.8 Å². The number of benzene rings is 1. The van der Waals surface area contributed by atoms with E-state index in [2.05, 4.69) is 50.9 Å². The van der Waals surface area contributed by atoms with Gasteiger partial charge in [-0.05, 0) is 37.7 Å². The predicted molar refractivity (Wildman–Crippen MR) is 123 cm³/mol. The number of hydrogen-bond donors (Lipinski definition) is 2. The van der Waals surface area contributed by atoms with E-state index < -0.39 is 0 Å². The molecular formula is C24H37N5O2. The van der Waals surface area contributed by atoms with E-state index in [1.807, 2.05) is 0 Å². The SMILES string of the molecule is CN(C)C(=O)CN=C(NCC1CCOC1)NC1CC2CCC(C1)N2Cc1ccccc1. The molecule has 3 fully saturated rings. The van der Waals surface area contributed by atoms with Crippen molar-refractivity contribution in [2.45, 2.75) is 56.8 Å². The molecule has 4 rings (SSSR count). The first kappa shape index (κ1) is 22.1. The first-order valence-electron chi connectivity index (χ1n) is 11.7. The number of fused-ring (bicyclic) bond motifs is 2. The Morgan fingerprint density at radius 1 is 1.16 bits per heavy atom. The molecule has 0 saturated carbocycles. The average Bonchev–Trinajstić information content (AvgIpc) is 3.36. The highest BCUT2D eigenvalue weighted by Crippen LogP contribution is 2.36. The average molecular weight is 428 g/mol. The van der Waals surface area contributed by atoms with Gasteiger partial charge in [-0.1, -0.05) is 30.3 Å². The number of piperidine rings is 1. The predicted octanol–water partition coefficient (Wildman–Crippen LogP) is 1.84. The van der Waals surface area contributed by atoms with Crippen LogP contribution in [0.25, 0.3) is 0 Å². The molecule has 3 atom stereocenters. The lowest BCUT2D eigenvalue weighted by molar-refractivity contribution is -0.127. The van der Waals surface area contributed by atoms with Gasteiger partial charge in [-0.25, -0.2) is 4.99 Å². The van der Waals surface area contributed by atoms with Gasteiger partial charge < -0.3 is 20.3 Å². The van der Waals surface area contributed by atoms with Crippen molar-refractivity contribution in [3.63, 3.8) is 0 Å². The zero-order valence-electron chi connectivity index (χ0n) is 18.9. The molecule has 1 amide bonds. The van der Waals surface area contributed by atoms with Crippen molar-refractivity contribution >= 4 is 11.9 Å². The lowest BCUT2D eigenvalue weighted by atomic mass is 9.96. The highest BCUT2D eigenvalue weighted by atomic mass is 16.5. The number of carbonyl (C=O) groups excluding carboxylic acids is 1. The fourth-order valence-corrected chi connectivity index (χ4v) is 5.06. The molecule has 7 heteroatoms. The molecule has 3 unspecified atom stereocenters. The minimum atomic E-state index is 0.0167. The van der Waals surface area contributed by atoms with Crippen LogP contribution >= 0.6 is 0 Å². The van der Waals surface area contributed by atoms with Crippen molar-refractivity contribution in [3.8, 4) is 0 Å². The van der Waals surface area contributed by atoms with E-state index in [1.54, 1.807) is 19.0 Å². The summed E-state index contributed by atoms with van der Waals surface area (Å²) in [7, 11) is 3.54. The lowest BCUT2D eigenvalue weighted by Gasteiger charge is -2.39. The van der Waals surface area contributed by atoms with E-state index >= 15 is 0 Å². The minimum Gasteiger partial charge on any atom is -0.381 e. The van der Waals surface area contributed by atoms with Crippen molar-refractivity contribution in [1.82, 2.24) is 20.4 Å². The minimum absolute atomic E-state index is 0.0167. The third-order valence-corrected chi connectivity index (χ3v) is 6.89. The molecule has 3 aliphatic rings. The molecule has 7 nitrogen and oxygen atoms in total. The number of rotatable bonds is 7. The van der Waals surface area contributed by atoms with Crippen LogP contribution in [-0.2, 0) is 16.1 Å². The number of guanidine groups is 1. The van der Waals surface area contributed by atoms with Crippen molar-refractivity contribution in [1.29, 1.82) is 0 Å². The molecule has 3 saturated heterocycles. The summed E-state index contributed by atoms with van der Waals surface area (Å²) in [6.07, 6.45) is 5.87. The Morgan fingerprint density at radius 2 is 1.90 bits per heavy atom. The van der Waals surface area contributed by atoms with Crippen molar-refractivity contribution in [2.75, 3.05) is 40.4 Å². The smallest absolute Gasteiger partial charge is 0.243 e. The maximum absolute atomic E-state index is 12.1. The largest absolute Gasteiger partial charge is 0.381 e. The number of hydrogen-bond acceptors (Lipinski definition) is 4. The summed E-state index contributed by atoms with van der Waals surface area (Å²) in [5, 5.41) is 7.14. The number of carbonyl (C=O) groups is 1. The topological polar surface area (TPSA) is 69.2 Å². The second-order valence-electron chi connectivity index (χ2n) is 9.42. The third-order valence-electron chi connectivity index (χ3n) is 6.89. The Balaban J connectivity index is 1.35. The molecule has 3 aliphatic heterocycles. The molecule has 0 aliphatic carbocycles. The highest BCUT2D eigenvalue weighted by Gasteiger charge is 2.40. The number of aliphatic imine (C=N–C) groups is 1. The molecule has 2 N–H and O–H groups in total. The van der Waals surface area contributed by atoms with Crippen LogP contribution in [0.1, 0.15) is 37.7 Å². The standard InChI is InChI=1S/C24H37N5O2/c1-28(2)23(30)15-26-24(25-14-19-10-11-31-17-19)27-20-12-21-8-9-22(13-20)29(21)16-18-6-4-3-5-7-18/h3-7,19-22H,8-17H2,1-2H3,(H2,25,26,27). The van der Waals surface area contributed by atoms with Gasteiger partial charge in [-0.2, -0.15) is 0 Å². The normalized spacial score (nSPS) is 28.5. The van der Waals surface area contributed by atoms with Gasteiger partial charge in [0.05, 0.1) is 6.61 Å². The van der Waals surface area contributed by atoms with Gasteiger partial charge in [-0.3, -0.25) is 9.69 Å². The molecule has 1 aromatic carbocycles. The number of nitrogens with one attached hydrogen (secondary N) is 2. The van der Waals surface area contributed by atoms with E-state index in [4.69, 9.17) is 4.74 Å². The van der Waals surface area contributed by atoms with Crippen LogP contribution in [-0.4, -0.2) is 80.2 Å². The highest BCUT2D eigenvalue weighted by molar-refractivity contribution is 5.85. The zero-order chi connectivity index (χ0) is 21.6. The van der Waals surface area contributed by atoms with E-state index in [0.717, 1.165) is 51.5 Å². The molecule has 3 heterocycles. The van der Waals surface area contributed by atoms with Crippen molar-refractivity contribution in [3.05, 3.63) is 35.9 Å². The molecule has 1 aromatic rings. The summed E-state index contributed by atoms with van der Waals surface area (Å²) in [6.45, 7) is 3.69. The Labute approximate surface area is 186 Å². The quantitative estimate of drug-likeness (QED) is 0.513. The van der Waals surface area contributed by atoms with Crippen LogP contribution in [0.4, 0.5) is 0 Å². The molecule has 0 spiro atoms. The fourth-order valence-electron chi connectivity index (χ4n) is 5.06. The second-order valence-corrected chi connectivity index (χ2v) is 9.42. The molecular weight excluding hydrogens is 390 g/mol. The number of amides is 1. The van der Waals surface area contributed by atoms with E-state index in [0.29, 0.717) is 24.0 Å². The maximum Gasteiger partial charge on any atom is 0.243 e. The Bertz CT molecular complexity index is 734. The van der Waals surface area contributed by atoms with E-state index in [-0.39, 0.29) is 12.5 Å². The van der Waals surface area contributed by atoms with Crippen LogP contribution in [0.5, 0.6) is 0 Å². The number of ether oxygens (including phenoxy) is 1. The molecule has 0 aromatic heterocycles. The summed E-state index contributed by atoms with van der Waals surface area (Å²) in [6, 6.07) is 12.4. The van der Waals surface area contributed by atoms with Crippen molar-refractivity contribution < 1.29 is 9.53 Å². The van der Waals surface area contributed by atoms with Gasteiger partial charge >= 0.3 is 0 Å². The van der Waals surface area contributed by atoms with Crippen LogP contribution in [0.3, 0.4) is 0 Å². The van der Waals surface area contributed by atoms with Gasteiger partial charge in [0.1, 0.15) is 6.54 Å². The first-order chi connectivity index (χ1) is 15.1. The van der Waals surface area contributed by atoms with Gasteiger partial charge in [0.25, 0.3) is 0 Å². The maximum atomic E-state index is 12.1. The van der Waals surface area contributed by atoms with Gasteiger partial charge in [0.2, 0.25) is 5.91 Å². The summed E-state index contributed by atoms with van der Waals surface area (Å²) in [5.74, 6) is 1.30. The molecule has 170 valence electrons. The summed E-state index contributed by atoms with van der Waals surface area (Å²) >= 11 is 0. The van der Waals surface area contributed by atoms with Crippen LogP contribution in [0.15, 0.2) is 35.3 Å². The Kier molecular flexibility index (Phi) is 7.45. The zero-order valence-corrected chi connectivity index (χ0v) is 18.9. The summed E-state index contributed by atoms with van der Waals surface area (Å²) in [4.78, 5) is 21.0. The van der Waals surface area contributed by atoms with Crippen LogP contribution < -0.4 is 10.6 Å². The van der Waals surface area contributed by atoms with Gasteiger partial charge in [-0.15, -0.1) is 0 Å². The molecule has 0 radical (unpaired) electrons. The first-order valence-corrected chi connectivity index (χ1v) is 11.7. The van der Waals surface area contributed by atoms with E-state index in [1.165, 1.54) is 18.4 Å². The molecule has 31 heavy (non-hydrogen) atoms. The van der Waals surface area contributed by atoms with E-state index in [9.17, 15) is 4.79 Å². The Morgan fingerprint density at radius 3 is 2.55 bits per heavy atom. The van der Waals surface area contributed by atoms with Gasteiger partial charge in [0.15, 0.2) is 5.96 Å². The Hall–Kier alpha value is -2.12. The van der Waals surface area contributed by atoms with Crippen molar-refractivity contribution in [2.24, 2.45) is 10.9 Å². The number of likely N-dealkylation sites (N-methyl/N-ethyl adjacent to an activating group) is 1. The molecule has 2 bridgehead atoms. The number of nitrogens with zero attached hydrogens (tertiary/aromatic N) is 3. The van der Waals surface area contributed by atoms with Crippen LogP contribution in [0, 0.1) is 5.92 Å². The van der Waals surface area contributed by atoms with Crippen LogP contribution in [0.2, 0.25) is 0 Å².